The zero-order valence-electron chi connectivity index (χ0n) is 8.29. The Morgan fingerprint density at radius 2 is 2.36 bits per heavy atom. The highest BCUT2D eigenvalue weighted by Crippen LogP contribution is 2.16. The van der Waals surface area contributed by atoms with Crippen LogP contribution in [-0.2, 0) is 0 Å². The molecule has 0 bridgehead atoms. The Balaban J connectivity index is 2.39. The molecule has 0 aliphatic heterocycles. The topological polar surface area (TPSA) is 45.0 Å². The molecule has 1 N–H and O–H groups in total. The first kappa shape index (κ1) is 10.4. The van der Waals surface area contributed by atoms with Gasteiger partial charge >= 0.3 is 0 Å². The SMILES string of the molecule is CNc1cccc(OCCCC#N)c1. The molecule has 0 spiro atoms. The van der Waals surface area contributed by atoms with Crippen LogP contribution in [0.25, 0.3) is 0 Å². The molecule has 0 radical (unpaired) electrons. The lowest BCUT2D eigenvalue weighted by atomic mass is 10.3. The summed E-state index contributed by atoms with van der Waals surface area (Å²) in [6.45, 7) is 0.598. The first-order valence-corrected chi connectivity index (χ1v) is 4.64. The van der Waals surface area contributed by atoms with Crippen molar-refractivity contribution >= 4 is 5.69 Å². The maximum absolute atomic E-state index is 8.33. The van der Waals surface area contributed by atoms with Gasteiger partial charge in [-0.15, -0.1) is 0 Å². The summed E-state index contributed by atoms with van der Waals surface area (Å²) in [7, 11) is 1.87. The van der Waals surface area contributed by atoms with Gasteiger partial charge in [0.1, 0.15) is 5.75 Å². The standard InChI is InChI=1S/C11H14N2O/c1-13-10-5-4-6-11(9-10)14-8-3-2-7-12/h4-6,9,13H,2-3,8H2,1H3. The summed E-state index contributed by atoms with van der Waals surface area (Å²) < 4.78 is 5.46. The van der Waals surface area contributed by atoms with Gasteiger partial charge in [0, 0.05) is 25.2 Å². The molecular formula is C11H14N2O. The number of hydrogen-bond acceptors (Lipinski definition) is 3. The van der Waals surface area contributed by atoms with Gasteiger partial charge in [0.25, 0.3) is 0 Å². The highest BCUT2D eigenvalue weighted by Gasteiger charge is 1.94. The number of nitrogens with zero attached hydrogens (tertiary/aromatic N) is 1. The summed E-state index contributed by atoms with van der Waals surface area (Å²) >= 11 is 0. The van der Waals surface area contributed by atoms with Crippen molar-refractivity contribution in [1.82, 2.24) is 0 Å². The number of anilines is 1. The average Bonchev–Trinajstić information content (AvgIpc) is 2.25. The monoisotopic (exact) mass is 190 g/mol. The normalized spacial score (nSPS) is 9.14. The van der Waals surface area contributed by atoms with Crippen LogP contribution >= 0.6 is 0 Å². The Morgan fingerprint density at radius 3 is 3.07 bits per heavy atom. The second-order valence-corrected chi connectivity index (χ2v) is 2.89. The number of rotatable bonds is 5. The molecule has 3 heteroatoms. The number of ether oxygens (including phenoxy) is 1. The Hall–Kier alpha value is -1.69. The molecule has 0 unspecified atom stereocenters. The Bertz CT molecular complexity index is 317. The van der Waals surface area contributed by atoms with Crippen LogP contribution in [-0.4, -0.2) is 13.7 Å². The van der Waals surface area contributed by atoms with Crippen molar-refractivity contribution in [2.24, 2.45) is 0 Å². The fraction of sp³-hybridized carbons (Fsp3) is 0.364. The maximum atomic E-state index is 8.33. The number of benzene rings is 1. The molecule has 0 aromatic heterocycles. The minimum absolute atomic E-state index is 0.547. The van der Waals surface area contributed by atoms with Crippen LogP contribution in [0, 0.1) is 11.3 Å². The van der Waals surface area contributed by atoms with Crippen molar-refractivity contribution in [3.05, 3.63) is 24.3 Å². The van der Waals surface area contributed by atoms with Gasteiger partial charge < -0.3 is 10.1 Å². The summed E-state index contributed by atoms with van der Waals surface area (Å²) in [5, 5.41) is 11.4. The van der Waals surface area contributed by atoms with Crippen LogP contribution in [0.15, 0.2) is 24.3 Å². The molecule has 1 rings (SSSR count). The van der Waals surface area contributed by atoms with E-state index in [4.69, 9.17) is 10.00 Å². The van der Waals surface area contributed by atoms with Crippen molar-refractivity contribution in [3.8, 4) is 11.8 Å². The van der Waals surface area contributed by atoms with Gasteiger partial charge in [-0.25, -0.2) is 0 Å². The van der Waals surface area contributed by atoms with Crippen molar-refractivity contribution < 1.29 is 4.74 Å². The van der Waals surface area contributed by atoms with Crippen LogP contribution in [0.4, 0.5) is 5.69 Å². The predicted octanol–water partition coefficient (Wildman–Crippen LogP) is 2.41. The Labute approximate surface area is 84.3 Å². The van der Waals surface area contributed by atoms with Crippen LogP contribution < -0.4 is 10.1 Å². The van der Waals surface area contributed by atoms with E-state index in [0.717, 1.165) is 17.9 Å². The summed E-state index contributed by atoms with van der Waals surface area (Å²) in [5.41, 5.74) is 1.03. The molecule has 0 fully saturated rings. The van der Waals surface area contributed by atoms with E-state index < -0.39 is 0 Å². The predicted molar refractivity (Wildman–Crippen MR) is 56.3 cm³/mol. The zero-order chi connectivity index (χ0) is 10.2. The zero-order valence-corrected chi connectivity index (χ0v) is 8.29. The van der Waals surface area contributed by atoms with Crippen LogP contribution in [0.2, 0.25) is 0 Å². The molecule has 0 aliphatic rings. The quantitative estimate of drug-likeness (QED) is 0.725. The van der Waals surface area contributed by atoms with Gasteiger partial charge in [0.2, 0.25) is 0 Å². The highest BCUT2D eigenvalue weighted by atomic mass is 16.5. The van der Waals surface area contributed by atoms with E-state index in [1.165, 1.54) is 0 Å². The lowest BCUT2D eigenvalue weighted by molar-refractivity contribution is 0.313. The van der Waals surface area contributed by atoms with Crippen LogP contribution in [0.3, 0.4) is 0 Å². The fourth-order valence-corrected chi connectivity index (χ4v) is 1.08. The molecule has 0 aliphatic carbocycles. The number of unbranched alkanes of at least 4 members (excludes halogenated alkanes) is 1. The average molecular weight is 190 g/mol. The fourth-order valence-electron chi connectivity index (χ4n) is 1.08. The molecule has 0 amide bonds. The third-order valence-electron chi connectivity index (χ3n) is 1.82. The number of nitrogens with one attached hydrogen (secondary N) is 1. The van der Waals surface area contributed by atoms with E-state index in [-0.39, 0.29) is 0 Å². The summed E-state index contributed by atoms with van der Waals surface area (Å²) in [4.78, 5) is 0. The third-order valence-corrected chi connectivity index (χ3v) is 1.82. The van der Waals surface area contributed by atoms with E-state index in [9.17, 15) is 0 Å². The maximum Gasteiger partial charge on any atom is 0.121 e. The van der Waals surface area contributed by atoms with Crippen molar-refractivity contribution in [1.29, 1.82) is 5.26 Å². The Kier molecular flexibility index (Phi) is 4.36. The molecule has 0 saturated heterocycles. The van der Waals surface area contributed by atoms with E-state index in [2.05, 4.69) is 11.4 Å². The number of nitriles is 1. The second-order valence-electron chi connectivity index (χ2n) is 2.89. The molecule has 1 aromatic carbocycles. The van der Waals surface area contributed by atoms with E-state index in [1.54, 1.807) is 0 Å². The molecule has 74 valence electrons. The minimum atomic E-state index is 0.547. The first-order valence-electron chi connectivity index (χ1n) is 4.64. The van der Waals surface area contributed by atoms with Crippen molar-refractivity contribution in [2.45, 2.75) is 12.8 Å². The van der Waals surface area contributed by atoms with Crippen molar-refractivity contribution in [2.75, 3.05) is 19.0 Å². The largest absolute Gasteiger partial charge is 0.493 e. The molecular weight excluding hydrogens is 176 g/mol. The third kappa shape index (κ3) is 3.36. The summed E-state index contributed by atoms with van der Waals surface area (Å²) in [5.74, 6) is 0.842. The van der Waals surface area contributed by atoms with Gasteiger partial charge in [-0.1, -0.05) is 6.07 Å². The van der Waals surface area contributed by atoms with E-state index in [0.29, 0.717) is 13.0 Å². The van der Waals surface area contributed by atoms with Crippen LogP contribution in [0.1, 0.15) is 12.8 Å². The summed E-state index contributed by atoms with van der Waals surface area (Å²) in [6.07, 6.45) is 1.33. The van der Waals surface area contributed by atoms with Gasteiger partial charge in [0.05, 0.1) is 12.7 Å². The minimum Gasteiger partial charge on any atom is -0.493 e. The van der Waals surface area contributed by atoms with E-state index >= 15 is 0 Å². The first-order chi connectivity index (χ1) is 6.86. The highest BCUT2D eigenvalue weighted by molar-refractivity contribution is 5.47. The molecule has 0 atom stereocenters. The smallest absolute Gasteiger partial charge is 0.121 e. The molecule has 14 heavy (non-hydrogen) atoms. The molecule has 3 nitrogen and oxygen atoms in total. The van der Waals surface area contributed by atoms with Gasteiger partial charge in [-0.05, 0) is 18.6 Å². The van der Waals surface area contributed by atoms with Gasteiger partial charge in [0.15, 0.2) is 0 Å². The van der Waals surface area contributed by atoms with Crippen LogP contribution in [0.5, 0.6) is 5.75 Å². The number of hydrogen-bond donors (Lipinski definition) is 1. The van der Waals surface area contributed by atoms with E-state index in [1.807, 2.05) is 31.3 Å². The van der Waals surface area contributed by atoms with Crippen molar-refractivity contribution in [3.63, 3.8) is 0 Å². The lowest BCUT2D eigenvalue weighted by Crippen LogP contribution is -1.97. The second kappa shape index (κ2) is 5.87. The molecule has 0 saturated carbocycles. The van der Waals surface area contributed by atoms with Gasteiger partial charge in [-0.3, -0.25) is 0 Å². The van der Waals surface area contributed by atoms with Gasteiger partial charge in [-0.2, -0.15) is 5.26 Å². The molecule has 0 heterocycles. The summed E-state index contributed by atoms with van der Waals surface area (Å²) in [6, 6.07) is 9.84. The Morgan fingerprint density at radius 1 is 1.50 bits per heavy atom. The lowest BCUT2D eigenvalue weighted by Gasteiger charge is -2.06. The molecule has 1 aromatic rings.